The number of sulfonamides is 1. The number of hydrogen-bond acceptors (Lipinski definition) is 5. The standard InChI is InChI=1S/C11H12FN3O2S2/c1-6-5-18-11(14-6)15-19(16,17)8-3-9(12)7(2)10(13)4-8/h3-5H,13H2,1-2H3,(H,14,15). The van der Waals surface area contributed by atoms with Gasteiger partial charge in [0.05, 0.1) is 10.6 Å². The average Bonchev–Trinajstić information content (AvgIpc) is 2.70. The first-order chi connectivity index (χ1) is 8.79. The highest BCUT2D eigenvalue weighted by atomic mass is 32.2. The van der Waals surface area contributed by atoms with Crippen LogP contribution < -0.4 is 10.5 Å². The van der Waals surface area contributed by atoms with Gasteiger partial charge in [0.25, 0.3) is 10.0 Å². The Labute approximate surface area is 114 Å². The van der Waals surface area contributed by atoms with Crippen molar-refractivity contribution in [2.24, 2.45) is 0 Å². The summed E-state index contributed by atoms with van der Waals surface area (Å²) >= 11 is 1.16. The molecule has 102 valence electrons. The van der Waals surface area contributed by atoms with Crippen molar-refractivity contribution in [2.45, 2.75) is 18.7 Å². The topological polar surface area (TPSA) is 85.1 Å². The van der Waals surface area contributed by atoms with Crippen molar-refractivity contribution in [1.82, 2.24) is 4.98 Å². The second kappa shape index (κ2) is 4.78. The predicted octanol–water partition coefficient (Wildman–Crippen LogP) is 2.28. The molecule has 0 unspecified atom stereocenters. The molecule has 0 radical (unpaired) electrons. The Morgan fingerprint density at radius 1 is 1.37 bits per heavy atom. The fourth-order valence-corrected chi connectivity index (χ4v) is 3.39. The molecule has 5 nitrogen and oxygen atoms in total. The third-order valence-corrected chi connectivity index (χ3v) is 4.83. The number of nitrogen functional groups attached to an aromatic ring is 1. The van der Waals surface area contributed by atoms with E-state index in [1.165, 1.54) is 13.0 Å². The molecule has 2 rings (SSSR count). The van der Waals surface area contributed by atoms with E-state index in [-0.39, 0.29) is 21.3 Å². The minimum absolute atomic E-state index is 0.0932. The van der Waals surface area contributed by atoms with E-state index in [1.54, 1.807) is 12.3 Å². The summed E-state index contributed by atoms with van der Waals surface area (Å²) in [6.45, 7) is 3.23. The molecule has 8 heteroatoms. The molecular formula is C11H12FN3O2S2. The molecule has 0 spiro atoms. The Morgan fingerprint density at radius 2 is 2.05 bits per heavy atom. The summed E-state index contributed by atoms with van der Waals surface area (Å²) in [5, 5.41) is 1.94. The second-order valence-corrected chi connectivity index (χ2v) is 6.56. The Balaban J connectivity index is 2.40. The summed E-state index contributed by atoms with van der Waals surface area (Å²) in [4.78, 5) is 3.77. The predicted molar refractivity (Wildman–Crippen MR) is 73.2 cm³/mol. The van der Waals surface area contributed by atoms with E-state index in [9.17, 15) is 12.8 Å². The maximum Gasteiger partial charge on any atom is 0.263 e. The molecule has 1 aromatic carbocycles. The van der Waals surface area contributed by atoms with Crippen LogP contribution in [0.5, 0.6) is 0 Å². The number of thiazole rings is 1. The van der Waals surface area contributed by atoms with Crippen molar-refractivity contribution >= 4 is 32.2 Å². The monoisotopic (exact) mass is 301 g/mol. The molecule has 0 fully saturated rings. The van der Waals surface area contributed by atoms with E-state index in [4.69, 9.17) is 5.73 Å². The van der Waals surface area contributed by atoms with Gasteiger partial charge in [0.2, 0.25) is 0 Å². The number of aryl methyl sites for hydroxylation is 1. The van der Waals surface area contributed by atoms with Gasteiger partial charge in [-0.05, 0) is 26.0 Å². The van der Waals surface area contributed by atoms with Crippen LogP contribution in [0, 0.1) is 19.7 Å². The summed E-state index contributed by atoms with van der Waals surface area (Å²) in [5.41, 5.74) is 6.60. The summed E-state index contributed by atoms with van der Waals surface area (Å²) in [5.74, 6) is -0.657. The number of anilines is 2. The number of rotatable bonds is 3. The maximum absolute atomic E-state index is 13.5. The molecule has 0 atom stereocenters. The van der Waals surface area contributed by atoms with Crippen LogP contribution in [0.25, 0.3) is 0 Å². The Bertz CT molecular complexity index is 702. The molecule has 1 heterocycles. The molecule has 19 heavy (non-hydrogen) atoms. The summed E-state index contributed by atoms with van der Waals surface area (Å²) in [6, 6.07) is 2.16. The van der Waals surface area contributed by atoms with Crippen molar-refractivity contribution < 1.29 is 12.8 Å². The van der Waals surface area contributed by atoms with Crippen LogP contribution in [0.2, 0.25) is 0 Å². The first kappa shape index (κ1) is 13.8. The number of aromatic nitrogens is 1. The number of nitrogens with one attached hydrogen (secondary N) is 1. The first-order valence-electron chi connectivity index (χ1n) is 5.30. The molecular weight excluding hydrogens is 289 g/mol. The molecule has 0 aliphatic rings. The van der Waals surface area contributed by atoms with Gasteiger partial charge in [0, 0.05) is 16.6 Å². The van der Waals surface area contributed by atoms with Gasteiger partial charge in [-0.25, -0.2) is 17.8 Å². The third-order valence-electron chi connectivity index (χ3n) is 2.51. The number of halogens is 1. The average molecular weight is 301 g/mol. The third kappa shape index (κ3) is 2.85. The van der Waals surface area contributed by atoms with Gasteiger partial charge in [-0.15, -0.1) is 11.3 Å². The van der Waals surface area contributed by atoms with Gasteiger partial charge < -0.3 is 5.73 Å². The zero-order valence-electron chi connectivity index (χ0n) is 10.3. The SMILES string of the molecule is Cc1csc(NS(=O)(=O)c2cc(N)c(C)c(F)c2)n1. The van der Waals surface area contributed by atoms with Crippen molar-refractivity contribution in [3.63, 3.8) is 0 Å². The fourth-order valence-electron chi connectivity index (χ4n) is 1.40. The van der Waals surface area contributed by atoms with Crippen LogP contribution in [-0.2, 0) is 10.0 Å². The molecule has 0 aliphatic carbocycles. The molecule has 0 amide bonds. The Hall–Kier alpha value is -1.67. The van der Waals surface area contributed by atoms with Gasteiger partial charge in [-0.2, -0.15) is 0 Å². The fraction of sp³-hybridized carbons (Fsp3) is 0.182. The van der Waals surface area contributed by atoms with Gasteiger partial charge >= 0.3 is 0 Å². The maximum atomic E-state index is 13.5. The number of nitrogens with zero attached hydrogens (tertiary/aromatic N) is 1. The molecule has 3 N–H and O–H groups in total. The highest BCUT2D eigenvalue weighted by molar-refractivity contribution is 7.93. The van der Waals surface area contributed by atoms with Crippen LogP contribution in [-0.4, -0.2) is 13.4 Å². The highest BCUT2D eigenvalue weighted by Crippen LogP contribution is 2.24. The smallest absolute Gasteiger partial charge is 0.263 e. The van der Waals surface area contributed by atoms with E-state index in [1.807, 2.05) is 0 Å². The van der Waals surface area contributed by atoms with Crippen molar-refractivity contribution in [1.29, 1.82) is 0 Å². The van der Waals surface area contributed by atoms with Gasteiger partial charge in [0.1, 0.15) is 5.82 Å². The minimum Gasteiger partial charge on any atom is -0.398 e. The van der Waals surface area contributed by atoms with Crippen molar-refractivity contribution in [3.8, 4) is 0 Å². The van der Waals surface area contributed by atoms with Gasteiger partial charge in [0.15, 0.2) is 5.13 Å². The van der Waals surface area contributed by atoms with Gasteiger partial charge in [-0.3, -0.25) is 4.72 Å². The summed E-state index contributed by atoms with van der Waals surface area (Å²) < 4.78 is 39.9. The zero-order valence-corrected chi connectivity index (χ0v) is 11.9. The minimum atomic E-state index is -3.88. The normalized spacial score (nSPS) is 11.5. The van der Waals surface area contributed by atoms with Crippen LogP contribution >= 0.6 is 11.3 Å². The number of hydrogen-bond donors (Lipinski definition) is 2. The van der Waals surface area contributed by atoms with Crippen LogP contribution in [0.1, 0.15) is 11.3 Å². The molecule has 0 saturated carbocycles. The van der Waals surface area contributed by atoms with E-state index in [2.05, 4.69) is 9.71 Å². The van der Waals surface area contributed by atoms with Crippen LogP contribution in [0.15, 0.2) is 22.4 Å². The van der Waals surface area contributed by atoms with Crippen LogP contribution in [0.4, 0.5) is 15.2 Å². The van der Waals surface area contributed by atoms with Crippen molar-refractivity contribution in [3.05, 3.63) is 34.6 Å². The van der Waals surface area contributed by atoms with Crippen LogP contribution in [0.3, 0.4) is 0 Å². The molecule has 0 aliphatic heterocycles. The van der Waals surface area contributed by atoms with Crippen molar-refractivity contribution in [2.75, 3.05) is 10.5 Å². The lowest BCUT2D eigenvalue weighted by Gasteiger charge is -2.08. The number of benzene rings is 1. The van der Waals surface area contributed by atoms with E-state index < -0.39 is 15.8 Å². The molecule has 0 bridgehead atoms. The second-order valence-electron chi connectivity index (χ2n) is 4.02. The zero-order chi connectivity index (χ0) is 14.2. The Kier molecular flexibility index (Phi) is 3.46. The van der Waals surface area contributed by atoms with Gasteiger partial charge in [-0.1, -0.05) is 0 Å². The number of nitrogens with two attached hydrogens (primary N) is 1. The molecule has 1 aromatic heterocycles. The van der Waals surface area contributed by atoms with E-state index in [0.29, 0.717) is 5.69 Å². The van der Waals surface area contributed by atoms with E-state index >= 15 is 0 Å². The first-order valence-corrected chi connectivity index (χ1v) is 7.66. The quantitative estimate of drug-likeness (QED) is 0.852. The molecule has 0 saturated heterocycles. The summed E-state index contributed by atoms with van der Waals surface area (Å²) in [6.07, 6.45) is 0. The lowest BCUT2D eigenvalue weighted by atomic mass is 10.2. The highest BCUT2D eigenvalue weighted by Gasteiger charge is 2.18. The summed E-state index contributed by atoms with van der Waals surface area (Å²) in [7, 11) is -3.88. The Morgan fingerprint density at radius 3 is 2.58 bits per heavy atom. The lowest BCUT2D eigenvalue weighted by Crippen LogP contribution is -2.14. The molecule has 2 aromatic rings. The van der Waals surface area contributed by atoms with E-state index in [0.717, 1.165) is 17.4 Å². The lowest BCUT2D eigenvalue weighted by molar-refractivity contribution is 0.593. The largest absolute Gasteiger partial charge is 0.398 e.